The van der Waals surface area contributed by atoms with Gasteiger partial charge in [0, 0.05) is 23.4 Å². The van der Waals surface area contributed by atoms with Gasteiger partial charge in [0.05, 0.1) is 5.69 Å². The van der Waals surface area contributed by atoms with Gasteiger partial charge in [0.1, 0.15) is 5.54 Å². The normalized spacial score (nSPS) is 11.3. The summed E-state index contributed by atoms with van der Waals surface area (Å²) >= 11 is 0. The minimum atomic E-state index is -1.37. The van der Waals surface area contributed by atoms with E-state index in [0.717, 1.165) is 22.4 Å². The van der Waals surface area contributed by atoms with Gasteiger partial charge in [-0.25, -0.2) is 13.5 Å². The van der Waals surface area contributed by atoms with Gasteiger partial charge < -0.3 is 5.32 Å². The lowest BCUT2D eigenvalue weighted by Gasteiger charge is -2.25. The Labute approximate surface area is 154 Å². The lowest BCUT2D eigenvalue weighted by atomic mass is 10.0. The largest absolute Gasteiger partial charge is 0.324 e. The van der Waals surface area contributed by atoms with Gasteiger partial charge in [0.2, 0.25) is 0 Å². The SMILES string of the molecule is CC(C)(C(=O)Nc1ccc(F)c(F)c1)n1nc(-c2ccccc2)ccc1=O. The second-order valence-electron chi connectivity index (χ2n) is 6.48. The Kier molecular flexibility index (Phi) is 4.85. The zero-order chi connectivity index (χ0) is 19.6. The number of nitrogens with zero attached hydrogens (tertiary/aromatic N) is 2. The van der Waals surface area contributed by atoms with Crippen molar-refractivity contribution in [2.45, 2.75) is 19.4 Å². The maximum Gasteiger partial charge on any atom is 0.267 e. The highest BCUT2D eigenvalue weighted by Gasteiger charge is 2.32. The number of hydrogen-bond acceptors (Lipinski definition) is 3. The number of carbonyl (C=O) groups is 1. The summed E-state index contributed by atoms with van der Waals surface area (Å²) in [5, 5.41) is 6.81. The summed E-state index contributed by atoms with van der Waals surface area (Å²) in [5.41, 5.74) is -0.418. The third kappa shape index (κ3) is 3.76. The molecule has 7 heteroatoms. The van der Waals surface area contributed by atoms with Crippen LogP contribution in [0.3, 0.4) is 0 Å². The van der Waals surface area contributed by atoms with E-state index in [2.05, 4.69) is 10.4 Å². The van der Waals surface area contributed by atoms with Crippen LogP contribution in [0, 0.1) is 11.6 Å². The lowest BCUT2D eigenvalue weighted by Crippen LogP contribution is -2.47. The van der Waals surface area contributed by atoms with Crippen LogP contribution >= 0.6 is 0 Å². The third-order valence-corrected chi connectivity index (χ3v) is 4.13. The summed E-state index contributed by atoms with van der Waals surface area (Å²) in [6, 6.07) is 15.2. The first-order chi connectivity index (χ1) is 12.8. The Hall–Kier alpha value is -3.35. The molecule has 0 atom stereocenters. The average Bonchev–Trinajstić information content (AvgIpc) is 2.65. The van der Waals surface area contributed by atoms with Gasteiger partial charge in [-0.05, 0) is 32.0 Å². The Morgan fingerprint density at radius 2 is 1.70 bits per heavy atom. The molecule has 3 aromatic rings. The highest BCUT2D eigenvalue weighted by atomic mass is 19.2. The number of rotatable bonds is 4. The number of benzene rings is 2. The van der Waals surface area contributed by atoms with E-state index in [9.17, 15) is 18.4 Å². The van der Waals surface area contributed by atoms with Crippen molar-refractivity contribution in [3.63, 3.8) is 0 Å². The number of amides is 1. The van der Waals surface area contributed by atoms with Crippen LogP contribution in [0.2, 0.25) is 0 Å². The van der Waals surface area contributed by atoms with E-state index in [1.807, 2.05) is 30.3 Å². The molecule has 0 radical (unpaired) electrons. The van der Waals surface area contributed by atoms with E-state index in [-0.39, 0.29) is 5.69 Å². The van der Waals surface area contributed by atoms with Crippen LogP contribution in [0.1, 0.15) is 13.8 Å². The molecular formula is C20H17F2N3O2. The summed E-state index contributed by atoms with van der Waals surface area (Å²) in [7, 11) is 0. The molecule has 0 fully saturated rings. The summed E-state index contributed by atoms with van der Waals surface area (Å²) < 4.78 is 27.5. The molecule has 0 aliphatic heterocycles. The van der Waals surface area contributed by atoms with Crippen LogP contribution in [0.25, 0.3) is 11.3 Å². The van der Waals surface area contributed by atoms with Crippen LogP contribution < -0.4 is 10.9 Å². The number of aromatic nitrogens is 2. The fourth-order valence-corrected chi connectivity index (χ4v) is 2.53. The van der Waals surface area contributed by atoms with Gasteiger partial charge in [-0.2, -0.15) is 5.10 Å². The molecular weight excluding hydrogens is 352 g/mol. The van der Waals surface area contributed by atoms with Crippen molar-refractivity contribution in [3.05, 3.63) is 82.7 Å². The van der Waals surface area contributed by atoms with Crippen LogP contribution in [-0.4, -0.2) is 15.7 Å². The van der Waals surface area contributed by atoms with Crippen LogP contribution in [0.5, 0.6) is 0 Å². The molecule has 0 saturated carbocycles. The van der Waals surface area contributed by atoms with Crippen molar-refractivity contribution in [2.24, 2.45) is 0 Å². The van der Waals surface area contributed by atoms with Crippen molar-refractivity contribution in [3.8, 4) is 11.3 Å². The molecule has 1 amide bonds. The van der Waals surface area contributed by atoms with Gasteiger partial charge in [0.15, 0.2) is 11.6 Å². The molecule has 3 rings (SSSR count). The zero-order valence-electron chi connectivity index (χ0n) is 14.7. The third-order valence-electron chi connectivity index (χ3n) is 4.13. The minimum Gasteiger partial charge on any atom is -0.324 e. The number of anilines is 1. The average molecular weight is 369 g/mol. The first-order valence-electron chi connectivity index (χ1n) is 8.22. The molecule has 0 spiro atoms. The van der Waals surface area contributed by atoms with E-state index in [4.69, 9.17) is 0 Å². The lowest BCUT2D eigenvalue weighted by molar-refractivity contribution is -0.123. The maximum atomic E-state index is 13.4. The molecule has 138 valence electrons. The van der Waals surface area contributed by atoms with Crippen molar-refractivity contribution in [2.75, 3.05) is 5.32 Å². The number of carbonyl (C=O) groups excluding carboxylic acids is 1. The first kappa shape index (κ1) is 18.4. The van der Waals surface area contributed by atoms with Gasteiger partial charge in [0.25, 0.3) is 11.5 Å². The fraction of sp³-hybridized carbons (Fsp3) is 0.150. The van der Waals surface area contributed by atoms with Gasteiger partial charge in [-0.15, -0.1) is 0 Å². The molecule has 1 N–H and O–H groups in total. The molecule has 1 heterocycles. The van der Waals surface area contributed by atoms with Crippen molar-refractivity contribution in [1.82, 2.24) is 9.78 Å². The number of halogens is 2. The van der Waals surface area contributed by atoms with E-state index in [0.29, 0.717) is 5.69 Å². The van der Waals surface area contributed by atoms with Gasteiger partial charge >= 0.3 is 0 Å². The second kappa shape index (κ2) is 7.11. The van der Waals surface area contributed by atoms with Gasteiger partial charge in [-0.1, -0.05) is 30.3 Å². The highest BCUT2D eigenvalue weighted by Crippen LogP contribution is 2.20. The molecule has 5 nitrogen and oxygen atoms in total. The maximum absolute atomic E-state index is 13.4. The van der Waals surface area contributed by atoms with E-state index in [1.54, 1.807) is 6.07 Å². The molecule has 2 aromatic carbocycles. The summed E-state index contributed by atoms with van der Waals surface area (Å²) in [5.74, 6) is -2.68. The second-order valence-corrected chi connectivity index (χ2v) is 6.48. The molecule has 0 aliphatic rings. The monoisotopic (exact) mass is 369 g/mol. The molecule has 1 aromatic heterocycles. The number of nitrogens with one attached hydrogen (secondary N) is 1. The Morgan fingerprint density at radius 1 is 1.00 bits per heavy atom. The number of hydrogen-bond donors (Lipinski definition) is 1. The molecule has 0 aliphatic carbocycles. The predicted molar refractivity (Wildman–Crippen MR) is 98.2 cm³/mol. The minimum absolute atomic E-state index is 0.0826. The summed E-state index contributed by atoms with van der Waals surface area (Å²) in [4.78, 5) is 25.0. The summed E-state index contributed by atoms with van der Waals surface area (Å²) in [6.45, 7) is 3.04. The molecule has 0 unspecified atom stereocenters. The highest BCUT2D eigenvalue weighted by molar-refractivity contribution is 5.96. The molecule has 0 bridgehead atoms. The van der Waals surface area contributed by atoms with E-state index < -0.39 is 28.6 Å². The van der Waals surface area contributed by atoms with Crippen LogP contribution in [0.15, 0.2) is 65.5 Å². The quantitative estimate of drug-likeness (QED) is 0.765. The standard InChI is InChI=1S/C20H17F2N3O2/c1-20(2,19(27)23-14-8-9-15(21)16(22)12-14)25-18(26)11-10-17(24-25)13-6-4-3-5-7-13/h3-12H,1-2H3,(H,23,27). The predicted octanol–water partition coefficient (Wildman–Crippen LogP) is 3.56. The van der Waals surface area contributed by atoms with Crippen LogP contribution in [0.4, 0.5) is 14.5 Å². The van der Waals surface area contributed by atoms with Crippen LogP contribution in [-0.2, 0) is 10.3 Å². The molecule has 0 saturated heterocycles. The Balaban J connectivity index is 1.94. The zero-order valence-corrected chi connectivity index (χ0v) is 14.7. The van der Waals surface area contributed by atoms with Gasteiger partial charge in [-0.3, -0.25) is 9.59 Å². The summed E-state index contributed by atoms with van der Waals surface area (Å²) in [6.07, 6.45) is 0. The molecule has 27 heavy (non-hydrogen) atoms. The smallest absolute Gasteiger partial charge is 0.267 e. The Bertz CT molecular complexity index is 1050. The van der Waals surface area contributed by atoms with Crippen molar-refractivity contribution < 1.29 is 13.6 Å². The Morgan fingerprint density at radius 3 is 2.37 bits per heavy atom. The first-order valence-corrected chi connectivity index (χ1v) is 8.22. The van der Waals surface area contributed by atoms with Crippen molar-refractivity contribution >= 4 is 11.6 Å². The van der Waals surface area contributed by atoms with E-state index >= 15 is 0 Å². The van der Waals surface area contributed by atoms with Crippen molar-refractivity contribution in [1.29, 1.82) is 0 Å². The fourth-order valence-electron chi connectivity index (χ4n) is 2.53. The van der Waals surface area contributed by atoms with E-state index in [1.165, 1.54) is 26.0 Å². The topological polar surface area (TPSA) is 64.0 Å².